The van der Waals surface area contributed by atoms with Gasteiger partial charge in [0.25, 0.3) is 11.7 Å². The Labute approximate surface area is 101 Å². The van der Waals surface area contributed by atoms with Gasteiger partial charge in [0.2, 0.25) is 5.89 Å². The fourth-order valence-electron chi connectivity index (χ4n) is 1.16. The van der Waals surface area contributed by atoms with Gasteiger partial charge in [0.1, 0.15) is 5.82 Å². The molecule has 2 aromatic heterocycles. The second kappa shape index (κ2) is 4.62. The lowest BCUT2D eigenvalue weighted by Gasteiger charge is -2.01. The minimum Gasteiger partial charge on any atom is -0.478 e. The number of nitrogens with zero attached hydrogens (tertiary/aromatic N) is 3. The van der Waals surface area contributed by atoms with Crippen LogP contribution >= 0.6 is 0 Å². The molecule has 0 atom stereocenters. The first-order valence-electron chi connectivity index (χ1n) is 4.87. The Morgan fingerprint density at radius 1 is 1.39 bits per heavy atom. The third-order valence-electron chi connectivity index (χ3n) is 1.98. The van der Waals surface area contributed by atoms with E-state index in [1.807, 2.05) is 0 Å². The number of carbonyl (C=O) groups is 2. The summed E-state index contributed by atoms with van der Waals surface area (Å²) in [5.41, 5.74) is 0.0309. The third kappa shape index (κ3) is 2.48. The summed E-state index contributed by atoms with van der Waals surface area (Å²) in [4.78, 5) is 29.7. The molecule has 2 rings (SSSR count). The van der Waals surface area contributed by atoms with Gasteiger partial charge in [-0.1, -0.05) is 5.16 Å². The first kappa shape index (κ1) is 11.7. The maximum absolute atomic E-state index is 11.6. The van der Waals surface area contributed by atoms with Crippen LogP contribution in [0.5, 0.6) is 0 Å². The predicted molar refractivity (Wildman–Crippen MR) is 58.2 cm³/mol. The van der Waals surface area contributed by atoms with Crippen molar-refractivity contribution in [3.63, 3.8) is 0 Å². The van der Waals surface area contributed by atoms with Gasteiger partial charge in [0, 0.05) is 13.1 Å². The number of carbonyl (C=O) groups excluding carboxylic acids is 1. The number of rotatable bonds is 3. The number of hydrogen-bond donors (Lipinski definition) is 2. The maximum Gasteiger partial charge on any atom is 0.337 e. The molecule has 1 amide bonds. The van der Waals surface area contributed by atoms with Crippen LogP contribution < -0.4 is 5.32 Å². The molecule has 92 valence electrons. The quantitative estimate of drug-likeness (QED) is 0.821. The SMILES string of the molecule is Cc1nc(C(=O)Nc2ccc(C(=O)O)cn2)no1. The molecule has 0 spiro atoms. The van der Waals surface area contributed by atoms with Crippen LogP contribution in [0.3, 0.4) is 0 Å². The minimum absolute atomic E-state index is 0.0309. The summed E-state index contributed by atoms with van der Waals surface area (Å²) < 4.78 is 4.65. The number of aryl methyl sites for hydroxylation is 1. The van der Waals surface area contributed by atoms with Crippen molar-refractivity contribution in [1.29, 1.82) is 0 Å². The minimum atomic E-state index is -1.09. The van der Waals surface area contributed by atoms with E-state index in [0.29, 0.717) is 0 Å². The number of amides is 1. The Morgan fingerprint density at radius 3 is 2.67 bits per heavy atom. The van der Waals surface area contributed by atoms with Crippen LogP contribution in [0, 0.1) is 6.92 Å². The van der Waals surface area contributed by atoms with E-state index in [1.54, 1.807) is 6.92 Å². The van der Waals surface area contributed by atoms with Crippen LogP contribution in [0.25, 0.3) is 0 Å². The van der Waals surface area contributed by atoms with Gasteiger partial charge < -0.3 is 14.9 Å². The largest absolute Gasteiger partial charge is 0.478 e. The van der Waals surface area contributed by atoms with E-state index in [9.17, 15) is 9.59 Å². The van der Waals surface area contributed by atoms with Crippen LogP contribution in [0.15, 0.2) is 22.9 Å². The molecule has 8 nitrogen and oxygen atoms in total. The molecule has 0 aliphatic heterocycles. The molecule has 0 aliphatic carbocycles. The van der Waals surface area contributed by atoms with Gasteiger partial charge >= 0.3 is 5.97 Å². The molecule has 0 aliphatic rings. The predicted octanol–water partition coefficient (Wildman–Crippen LogP) is 0.724. The van der Waals surface area contributed by atoms with Gasteiger partial charge in [-0.15, -0.1) is 0 Å². The first-order valence-corrected chi connectivity index (χ1v) is 4.87. The average molecular weight is 248 g/mol. The monoisotopic (exact) mass is 248 g/mol. The molecule has 18 heavy (non-hydrogen) atoms. The molecule has 0 fully saturated rings. The van der Waals surface area contributed by atoms with E-state index < -0.39 is 11.9 Å². The molecule has 0 unspecified atom stereocenters. The zero-order chi connectivity index (χ0) is 13.1. The molecule has 2 heterocycles. The van der Waals surface area contributed by atoms with Crippen molar-refractivity contribution in [1.82, 2.24) is 15.1 Å². The summed E-state index contributed by atoms with van der Waals surface area (Å²) in [6, 6.07) is 2.70. The summed E-state index contributed by atoms with van der Waals surface area (Å²) in [7, 11) is 0. The van der Waals surface area contributed by atoms with Gasteiger partial charge in [-0.3, -0.25) is 4.79 Å². The summed E-state index contributed by atoms with van der Waals surface area (Å²) in [6.07, 6.45) is 1.14. The molecular formula is C10H8N4O4. The van der Waals surface area contributed by atoms with Crippen LogP contribution in [0.2, 0.25) is 0 Å². The Morgan fingerprint density at radius 2 is 2.17 bits per heavy atom. The van der Waals surface area contributed by atoms with E-state index in [4.69, 9.17) is 5.11 Å². The molecule has 0 radical (unpaired) electrons. The standard InChI is InChI=1S/C10H8N4O4/c1-5-12-8(14-18-5)9(15)13-7-3-2-6(4-11-7)10(16)17/h2-4H,1H3,(H,16,17)(H,11,13,15). The van der Waals surface area contributed by atoms with E-state index in [0.717, 1.165) is 6.20 Å². The second-order valence-corrected chi connectivity index (χ2v) is 3.33. The number of anilines is 1. The molecule has 2 aromatic rings. The average Bonchev–Trinajstić information content (AvgIpc) is 2.76. The number of nitrogens with one attached hydrogen (secondary N) is 1. The van der Waals surface area contributed by atoms with Crippen LogP contribution in [-0.2, 0) is 0 Å². The Balaban J connectivity index is 2.10. The van der Waals surface area contributed by atoms with Crippen molar-refractivity contribution in [2.24, 2.45) is 0 Å². The zero-order valence-electron chi connectivity index (χ0n) is 9.25. The molecule has 0 bridgehead atoms. The van der Waals surface area contributed by atoms with Crippen molar-refractivity contribution < 1.29 is 19.2 Å². The molecule has 0 saturated heterocycles. The van der Waals surface area contributed by atoms with E-state index in [1.165, 1.54) is 12.1 Å². The van der Waals surface area contributed by atoms with E-state index in [-0.39, 0.29) is 23.1 Å². The molecule has 0 saturated carbocycles. The Bertz CT molecular complexity index is 590. The first-order chi connectivity index (χ1) is 8.56. The zero-order valence-corrected chi connectivity index (χ0v) is 9.25. The fourth-order valence-corrected chi connectivity index (χ4v) is 1.16. The third-order valence-corrected chi connectivity index (χ3v) is 1.98. The van der Waals surface area contributed by atoms with Crippen LogP contribution in [-0.4, -0.2) is 32.1 Å². The Hall–Kier alpha value is -2.77. The summed E-state index contributed by atoms with van der Waals surface area (Å²) >= 11 is 0. The van der Waals surface area contributed by atoms with Crippen LogP contribution in [0.1, 0.15) is 26.9 Å². The highest BCUT2D eigenvalue weighted by atomic mass is 16.5. The van der Waals surface area contributed by atoms with Crippen molar-refractivity contribution in [2.75, 3.05) is 5.32 Å². The molecule has 0 aromatic carbocycles. The lowest BCUT2D eigenvalue weighted by Crippen LogP contribution is -2.14. The number of carboxylic acids is 1. The number of aromatic carboxylic acids is 1. The van der Waals surface area contributed by atoms with Crippen molar-refractivity contribution in [3.8, 4) is 0 Å². The van der Waals surface area contributed by atoms with Crippen LogP contribution in [0.4, 0.5) is 5.82 Å². The number of carboxylic acid groups (broad SMARTS) is 1. The lowest BCUT2D eigenvalue weighted by molar-refractivity contribution is 0.0696. The number of hydrogen-bond acceptors (Lipinski definition) is 6. The highest BCUT2D eigenvalue weighted by molar-refractivity contribution is 6.00. The highest BCUT2D eigenvalue weighted by Gasteiger charge is 2.13. The normalized spacial score (nSPS) is 10.1. The summed E-state index contributed by atoms with van der Waals surface area (Å²) in [5.74, 6) is -1.31. The molecule has 8 heteroatoms. The second-order valence-electron chi connectivity index (χ2n) is 3.33. The van der Waals surface area contributed by atoms with E-state index >= 15 is 0 Å². The lowest BCUT2D eigenvalue weighted by atomic mass is 10.3. The van der Waals surface area contributed by atoms with Gasteiger partial charge in [-0.2, -0.15) is 4.98 Å². The summed E-state index contributed by atoms with van der Waals surface area (Å²) in [6.45, 7) is 1.56. The van der Waals surface area contributed by atoms with Crippen molar-refractivity contribution in [3.05, 3.63) is 35.6 Å². The van der Waals surface area contributed by atoms with Crippen molar-refractivity contribution >= 4 is 17.7 Å². The molecule has 2 N–H and O–H groups in total. The topological polar surface area (TPSA) is 118 Å². The fraction of sp³-hybridized carbons (Fsp3) is 0.100. The van der Waals surface area contributed by atoms with E-state index in [2.05, 4.69) is 25.0 Å². The number of pyridine rings is 1. The number of aromatic nitrogens is 3. The van der Waals surface area contributed by atoms with Gasteiger partial charge in [0.15, 0.2) is 0 Å². The van der Waals surface area contributed by atoms with Gasteiger partial charge in [-0.25, -0.2) is 9.78 Å². The highest BCUT2D eigenvalue weighted by Crippen LogP contribution is 2.06. The van der Waals surface area contributed by atoms with Gasteiger partial charge in [0.05, 0.1) is 5.56 Å². The smallest absolute Gasteiger partial charge is 0.337 e. The summed E-state index contributed by atoms with van der Waals surface area (Å²) in [5, 5.41) is 14.5. The maximum atomic E-state index is 11.6. The van der Waals surface area contributed by atoms with Crippen molar-refractivity contribution in [2.45, 2.75) is 6.92 Å². The molecular weight excluding hydrogens is 240 g/mol. The van der Waals surface area contributed by atoms with Gasteiger partial charge in [-0.05, 0) is 12.1 Å². The Kier molecular flexibility index (Phi) is 3.00.